The highest BCUT2D eigenvalue weighted by Gasteiger charge is 2.34. The van der Waals surface area contributed by atoms with E-state index in [1.165, 1.54) is 18.2 Å². The maximum absolute atomic E-state index is 13.7. The Labute approximate surface area is 174 Å². The number of nitrogens with one attached hydrogen (secondary N) is 1. The van der Waals surface area contributed by atoms with Gasteiger partial charge < -0.3 is 5.32 Å². The molecule has 0 saturated carbocycles. The molecule has 3 amide bonds. The fraction of sp³-hybridized carbons (Fsp3) is 0.150. The lowest BCUT2D eigenvalue weighted by Crippen LogP contribution is -2.37. The van der Waals surface area contributed by atoms with E-state index in [2.05, 4.69) is 21.2 Å². The summed E-state index contributed by atoms with van der Waals surface area (Å²) in [6.45, 7) is 2.00. The number of halogens is 2. The molecular formula is C20H16BrFN2O3S. The second kappa shape index (κ2) is 8.70. The monoisotopic (exact) mass is 462 g/mol. The van der Waals surface area contributed by atoms with E-state index in [0.29, 0.717) is 9.38 Å². The maximum Gasteiger partial charge on any atom is 0.293 e. The first-order chi connectivity index (χ1) is 13.3. The zero-order valence-corrected chi connectivity index (χ0v) is 17.3. The van der Waals surface area contributed by atoms with Gasteiger partial charge in [-0.25, -0.2) is 4.39 Å². The number of aryl methyl sites for hydroxylation is 1. The van der Waals surface area contributed by atoms with Gasteiger partial charge in [-0.2, -0.15) is 0 Å². The quantitative estimate of drug-likeness (QED) is 0.670. The Morgan fingerprint density at radius 3 is 2.64 bits per heavy atom. The molecule has 0 aromatic heterocycles. The van der Waals surface area contributed by atoms with Crippen LogP contribution in [-0.4, -0.2) is 35.0 Å². The van der Waals surface area contributed by atoms with Crippen molar-refractivity contribution in [2.75, 3.05) is 13.1 Å². The highest BCUT2D eigenvalue weighted by atomic mass is 79.9. The predicted octanol–water partition coefficient (Wildman–Crippen LogP) is 4.36. The van der Waals surface area contributed by atoms with Crippen molar-refractivity contribution in [1.82, 2.24) is 10.2 Å². The lowest BCUT2D eigenvalue weighted by molar-refractivity contribution is -0.122. The van der Waals surface area contributed by atoms with E-state index in [1.54, 1.807) is 6.08 Å². The van der Waals surface area contributed by atoms with Gasteiger partial charge in [-0.3, -0.25) is 19.3 Å². The molecule has 2 aromatic rings. The van der Waals surface area contributed by atoms with Crippen molar-refractivity contribution >= 4 is 50.8 Å². The molecule has 5 nitrogen and oxygen atoms in total. The third-order valence-corrected chi connectivity index (χ3v) is 5.44. The first-order valence-electron chi connectivity index (χ1n) is 8.40. The van der Waals surface area contributed by atoms with Gasteiger partial charge in [-0.15, -0.1) is 0 Å². The number of carbonyl (C=O) groups excluding carboxylic acids is 3. The summed E-state index contributed by atoms with van der Waals surface area (Å²) in [6.07, 6.45) is 1.67. The highest BCUT2D eigenvalue weighted by molar-refractivity contribution is 9.10. The molecular weight excluding hydrogens is 447 g/mol. The molecule has 2 aromatic carbocycles. The maximum atomic E-state index is 13.7. The largest absolute Gasteiger partial charge is 0.350 e. The van der Waals surface area contributed by atoms with Crippen LogP contribution in [0.3, 0.4) is 0 Å². The zero-order valence-electron chi connectivity index (χ0n) is 14.9. The van der Waals surface area contributed by atoms with Crippen LogP contribution in [0.5, 0.6) is 0 Å². The van der Waals surface area contributed by atoms with Crippen LogP contribution in [0.1, 0.15) is 21.5 Å². The Bertz CT molecular complexity index is 976. The van der Waals surface area contributed by atoms with Gasteiger partial charge in [0.15, 0.2) is 0 Å². The summed E-state index contributed by atoms with van der Waals surface area (Å²) in [4.78, 5) is 38.1. The van der Waals surface area contributed by atoms with Gasteiger partial charge in [0.1, 0.15) is 5.82 Å². The standard InChI is InChI=1S/C20H16BrFN2O3S/c1-12-2-4-13(5-3-12)10-17-19(26)24(20(27)28-17)9-8-23-18(25)15-11-14(21)6-7-16(15)22/h2-7,10-11H,8-9H2,1H3,(H,23,25)/b17-10-. The van der Waals surface area contributed by atoms with Crippen molar-refractivity contribution < 1.29 is 18.8 Å². The number of hydrogen-bond donors (Lipinski definition) is 1. The molecule has 1 aliphatic rings. The zero-order chi connectivity index (χ0) is 20.3. The van der Waals surface area contributed by atoms with E-state index in [9.17, 15) is 18.8 Å². The summed E-state index contributed by atoms with van der Waals surface area (Å²) in [5, 5.41) is 2.13. The van der Waals surface area contributed by atoms with Crippen molar-refractivity contribution in [2.24, 2.45) is 0 Å². The highest BCUT2D eigenvalue weighted by Crippen LogP contribution is 2.31. The lowest BCUT2D eigenvalue weighted by atomic mass is 10.1. The van der Waals surface area contributed by atoms with Gasteiger partial charge in [0.05, 0.1) is 10.5 Å². The Kier molecular flexibility index (Phi) is 6.31. The number of hydrogen-bond acceptors (Lipinski definition) is 4. The van der Waals surface area contributed by atoms with E-state index in [-0.39, 0.29) is 18.7 Å². The van der Waals surface area contributed by atoms with Gasteiger partial charge in [-0.1, -0.05) is 45.8 Å². The van der Waals surface area contributed by atoms with Crippen LogP contribution in [0, 0.1) is 12.7 Å². The number of carbonyl (C=O) groups is 3. The Morgan fingerprint density at radius 2 is 1.93 bits per heavy atom. The summed E-state index contributed by atoms with van der Waals surface area (Å²) >= 11 is 4.05. The summed E-state index contributed by atoms with van der Waals surface area (Å²) in [6, 6.07) is 11.6. The molecule has 3 rings (SSSR count). The molecule has 1 N–H and O–H groups in total. The Balaban J connectivity index is 1.61. The summed E-state index contributed by atoms with van der Waals surface area (Å²) < 4.78 is 14.3. The minimum Gasteiger partial charge on any atom is -0.350 e. The number of imide groups is 1. The molecule has 0 bridgehead atoms. The number of nitrogens with zero attached hydrogens (tertiary/aromatic N) is 1. The molecule has 144 valence electrons. The number of rotatable bonds is 5. The van der Waals surface area contributed by atoms with Crippen LogP contribution in [-0.2, 0) is 4.79 Å². The van der Waals surface area contributed by atoms with Crippen molar-refractivity contribution in [3.63, 3.8) is 0 Å². The number of amides is 3. The van der Waals surface area contributed by atoms with Crippen LogP contribution < -0.4 is 5.32 Å². The fourth-order valence-corrected chi connectivity index (χ4v) is 3.78. The minimum absolute atomic E-state index is 0.0112. The van der Waals surface area contributed by atoms with Gasteiger partial charge in [0.25, 0.3) is 17.1 Å². The molecule has 0 spiro atoms. The van der Waals surface area contributed by atoms with Crippen LogP contribution in [0.25, 0.3) is 6.08 Å². The summed E-state index contributed by atoms with van der Waals surface area (Å²) in [5.41, 5.74) is 1.82. The van der Waals surface area contributed by atoms with E-state index < -0.39 is 22.9 Å². The lowest BCUT2D eigenvalue weighted by Gasteiger charge is -2.13. The molecule has 1 fully saturated rings. The van der Waals surface area contributed by atoms with Gasteiger partial charge >= 0.3 is 0 Å². The van der Waals surface area contributed by atoms with Crippen LogP contribution in [0.4, 0.5) is 9.18 Å². The van der Waals surface area contributed by atoms with Gasteiger partial charge in [0, 0.05) is 17.6 Å². The average molecular weight is 463 g/mol. The third kappa shape index (κ3) is 4.69. The van der Waals surface area contributed by atoms with E-state index in [1.807, 2.05) is 31.2 Å². The molecule has 1 aliphatic heterocycles. The van der Waals surface area contributed by atoms with E-state index >= 15 is 0 Å². The van der Waals surface area contributed by atoms with Crippen LogP contribution >= 0.6 is 27.7 Å². The fourth-order valence-electron chi connectivity index (χ4n) is 2.55. The molecule has 0 aliphatic carbocycles. The molecule has 0 unspecified atom stereocenters. The Hall–Kier alpha value is -2.45. The molecule has 28 heavy (non-hydrogen) atoms. The van der Waals surface area contributed by atoms with Crippen LogP contribution in [0.2, 0.25) is 0 Å². The normalized spacial score (nSPS) is 15.4. The minimum atomic E-state index is -0.645. The molecule has 0 atom stereocenters. The predicted molar refractivity (Wildman–Crippen MR) is 110 cm³/mol. The van der Waals surface area contributed by atoms with E-state index in [4.69, 9.17) is 0 Å². The van der Waals surface area contributed by atoms with E-state index in [0.717, 1.165) is 27.8 Å². The Morgan fingerprint density at radius 1 is 1.21 bits per heavy atom. The molecule has 0 radical (unpaired) electrons. The van der Waals surface area contributed by atoms with Crippen molar-refractivity contribution in [1.29, 1.82) is 0 Å². The topological polar surface area (TPSA) is 66.5 Å². The van der Waals surface area contributed by atoms with Gasteiger partial charge in [0.2, 0.25) is 0 Å². The molecule has 1 saturated heterocycles. The van der Waals surface area contributed by atoms with Crippen molar-refractivity contribution in [2.45, 2.75) is 6.92 Å². The number of benzene rings is 2. The average Bonchev–Trinajstić information content (AvgIpc) is 2.92. The van der Waals surface area contributed by atoms with Crippen molar-refractivity contribution in [3.8, 4) is 0 Å². The molecule has 8 heteroatoms. The summed E-state index contributed by atoms with van der Waals surface area (Å²) in [5.74, 6) is -1.66. The van der Waals surface area contributed by atoms with Gasteiger partial charge in [-0.05, 0) is 48.5 Å². The SMILES string of the molecule is Cc1ccc(/C=C2\SC(=O)N(CCNC(=O)c3cc(Br)ccc3F)C2=O)cc1. The van der Waals surface area contributed by atoms with Crippen LogP contribution in [0.15, 0.2) is 51.8 Å². The second-order valence-corrected chi connectivity index (χ2v) is 8.03. The second-order valence-electron chi connectivity index (χ2n) is 6.12. The smallest absolute Gasteiger partial charge is 0.293 e. The number of thioether (sulfide) groups is 1. The third-order valence-electron chi connectivity index (χ3n) is 4.04. The first-order valence-corrected chi connectivity index (χ1v) is 10.0. The summed E-state index contributed by atoms with van der Waals surface area (Å²) in [7, 11) is 0. The first kappa shape index (κ1) is 20.3. The van der Waals surface area contributed by atoms with Crippen molar-refractivity contribution in [3.05, 3.63) is 74.4 Å². The molecule has 1 heterocycles.